The number of aromatic nitrogens is 1. The summed E-state index contributed by atoms with van der Waals surface area (Å²) < 4.78 is 13.7. The van der Waals surface area contributed by atoms with Gasteiger partial charge in [-0.25, -0.2) is 9.18 Å². The summed E-state index contributed by atoms with van der Waals surface area (Å²) in [6.07, 6.45) is 2.47. The van der Waals surface area contributed by atoms with Crippen LogP contribution in [0.5, 0.6) is 0 Å². The third-order valence-electron chi connectivity index (χ3n) is 7.33. The summed E-state index contributed by atoms with van der Waals surface area (Å²) in [5.74, 6) is -0.880. The summed E-state index contributed by atoms with van der Waals surface area (Å²) in [6.45, 7) is 3.52. The highest BCUT2D eigenvalue weighted by molar-refractivity contribution is 5.98. The number of para-hydroxylation sites is 1. The fourth-order valence-electron chi connectivity index (χ4n) is 5.32. The Morgan fingerprint density at radius 2 is 1.87 bits per heavy atom. The molecule has 0 bridgehead atoms. The highest BCUT2D eigenvalue weighted by Gasteiger charge is 2.32. The summed E-state index contributed by atoms with van der Waals surface area (Å²) in [4.78, 5) is 34.3. The summed E-state index contributed by atoms with van der Waals surface area (Å²) in [5, 5.41) is 7.07. The molecule has 3 aromatic carbocycles. The Hall–Kier alpha value is -4.17. The van der Waals surface area contributed by atoms with E-state index in [4.69, 9.17) is 0 Å². The summed E-state index contributed by atoms with van der Waals surface area (Å²) >= 11 is 0. The largest absolute Gasteiger partial charge is 0.361 e. The maximum atomic E-state index is 13.8. The molecule has 0 radical (unpaired) electrons. The monoisotopic (exact) mass is 527 g/mol. The van der Waals surface area contributed by atoms with Crippen molar-refractivity contribution in [1.29, 1.82) is 0 Å². The molecule has 3 N–H and O–H groups in total. The number of nitrogens with one attached hydrogen (secondary N) is 3. The molecule has 0 unspecified atom stereocenters. The number of hydrogen-bond donors (Lipinski definition) is 3. The predicted molar refractivity (Wildman–Crippen MR) is 152 cm³/mol. The number of halogens is 1. The summed E-state index contributed by atoms with van der Waals surface area (Å²) in [6, 6.07) is 19.2. The van der Waals surface area contributed by atoms with Crippen molar-refractivity contribution in [3.05, 3.63) is 101 Å². The molecule has 1 aromatic heterocycles. The molecule has 0 fully saturated rings. The molecular weight excluding hydrogens is 493 g/mol. The van der Waals surface area contributed by atoms with E-state index in [-0.39, 0.29) is 23.7 Å². The van der Waals surface area contributed by atoms with E-state index in [1.807, 2.05) is 75.7 Å². The molecule has 2 heterocycles. The minimum absolute atomic E-state index is 0.273. The number of H-pyrrole nitrogens is 1. The number of hydrogen-bond acceptors (Lipinski definition) is 3. The first-order valence-corrected chi connectivity index (χ1v) is 13.2. The van der Waals surface area contributed by atoms with Crippen LogP contribution >= 0.6 is 0 Å². The van der Waals surface area contributed by atoms with Crippen LogP contribution < -0.4 is 10.6 Å². The van der Waals surface area contributed by atoms with E-state index in [1.54, 1.807) is 11.0 Å². The first-order valence-electron chi connectivity index (χ1n) is 13.2. The van der Waals surface area contributed by atoms with Gasteiger partial charge in [-0.15, -0.1) is 0 Å². The molecule has 1 aliphatic rings. The van der Waals surface area contributed by atoms with Gasteiger partial charge >= 0.3 is 6.03 Å². The van der Waals surface area contributed by atoms with Crippen molar-refractivity contribution in [1.82, 2.24) is 20.1 Å². The van der Waals surface area contributed by atoms with Crippen molar-refractivity contribution in [2.24, 2.45) is 0 Å². The zero-order valence-corrected chi connectivity index (χ0v) is 22.5. The number of fused-ring (bicyclic) bond motifs is 2. The number of carbonyl (C=O) groups is 2. The third kappa shape index (κ3) is 5.96. The number of anilines is 1. The van der Waals surface area contributed by atoms with Crippen LogP contribution in [0.4, 0.5) is 14.9 Å². The lowest BCUT2D eigenvalue weighted by Crippen LogP contribution is -2.52. The highest BCUT2D eigenvalue weighted by atomic mass is 19.1. The lowest BCUT2D eigenvalue weighted by atomic mass is 9.92. The average molecular weight is 528 g/mol. The molecular formula is C31H34FN5O2. The Balaban J connectivity index is 1.40. The topological polar surface area (TPSA) is 80.5 Å². The number of amides is 3. The molecule has 4 aromatic rings. The molecule has 1 aliphatic heterocycles. The van der Waals surface area contributed by atoms with Crippen molar-refractivity contribution in [3.8, 4) is 0 Å². The van der Waals surface area contributed by atoms with Gasteiger partial charge in [0, 0.05) is 48.3 Å². The number of urea groups is 1. The molecule has 202 valence electrons. The van der Waals surface area contributed by atoms with Gasteiger partial charge in [0.05, 0.1) is 0 Å². The van der Waals surface area contributed by atoms with Crippen LogP contribution in [0.1, 0.15) is 35.1 Å². The average Bonchev–Trinajstić information content (AvgIpc) is 3.35. The standard InChI is InChI=1S/C31H34FN5O2/c1-20(27-17-33-28-10-5-4-9-26(27)28)29(30(38)34-25-8-6-7-21(15-25)18-36(2)3)35-31(39)37-14-13-22-16-24(32)12-11-23(22)19-37/h4-12,15-17,20,29,33H,13-14,18-19H2,1-3H3,(H,34,38)(H,35,39)/t20-,29-/m1/s1. The Labute approximate surface area is 228 Å². The number of benzene rings is 3. The molecule has 0 aliphatic carbocycles. The van der Waals surface area contributed by atoms with Gasteiger partial charge in [-0.2, -0.15) is 0 Å². The molecule has 5 rings (SSSR count). The fourth-order valence-corrected chi connectivity index (χ4v) is 5.32. The molecule has 0 saturated carbocycles. The Morgan fingerprint density at radius 3 is 2.69 bits per heavy atom. The lowest BCUT2D eigenvalue weighted by Gasteiger charge is -2.32. The first kappa shape index (κ1) is 26.4. The molecule has 0 saturated heterocycles. The van der Waals surface area contributed by atoms with E-state index >= 15 is 0 Å². The predicted octanol–water partition coefficient (Wildman–Crippen LogP) is 5.25. The van der Waals surface area contributed by atoms with Crippen LogP contribution in [0.2, 0.25) is 0 Å². The van der Waals surface area contributed by atoms with E-state index in [9.17, 15) is 14.0 Å². The highest BCUT2D eigenvalue weighted by Crippen LogP contribution is 2.29. The van der Waals surface area contributed by atoms with Gasteiger partial charge in [0.2, 0.25) is 5.91 Å². The second-order valence-electron chi connectivity index (χ2n) is 10.5. The normalized spacial score (nSPS) is 14.6. The number of nitrogens with zero attached hydrogens (tertiary/aromatic N) is 2. The van der Waals surface area contributed by atoms with Crippen molar-refractivity contribution < 1.29 is 14.0 Å². The van der Waals surface area contributed by atoms with Crippen LogP contribution in [-0.4, -0.2) is 53.4 Å². The van der Waals surface area contributed by atoms with Crippen LogP contribution in [0.25, 0.3) is 10.9 Å². The van der Waals surface area contributed by atoms with Crippen LogP contribution in [0.3, 0.4) is 0 Å². The number of carbonyl (C=O) groups excluding carboxylic acids is 2. The first-order chi connectivity index (χ1) is 18.8. The van der Waals surface area contributed by atoms with Gasteiger partial charge in [-0.3, -0.25) is 4.79 Å². The van der Waals surface area contributed by atoms with Gasteiger partial charge < -0.3 is 25.4 Å². The van der Waals surface area contributed by atoms with Crippen LogP contribution in [0.15, 0.2) is 72.9 Å². The summed E-state index contributed by atoms with van der Waals surface area (Å²) in [5.41, 5.74) is 5.51. The molecule has 3 amide bonds. The fraction of sp³-hybridized carbons (Fsp3) is 0.290. The zero-order chi connectivity index (χ0) is 27.5. The quantitative estimate of drug-likeness (QED) is 0.307. The van der Waals surface area contributed by atoms with Crippen molar-refractivity contribution in [2.75, 3.05) is 26.0 Å². The second kappa shape index (κ2) is 11.3. The smallest absolute Gasteiger partial charge is 0.318 e. The van der Waals surface area contributed by atoms with Gasteiger partial charge in [0.25, 0.3) is 0 Å². The molecule has 8 heteroatoms. The minimum atomic E-state index is -0.830. The number of aromatic amines is 1. The molecule has 39 heavy (non-hydrogen) atoms. The van der Waals surface area contributed by atoms with Gasteiger partial charge in [0.1, 0.15) is 11.9 Å². The van der Waals surface area contributed by atoms with Crippen LogP contribution in [0, 0.1) is 5.82 Å². The van der Waals surface area contributed by atoms with E-state index in [2.05, 4.69) is 20.5 Å². The van der Waals surface area contributed by atoms with Gasteiger partial charge in [0.15, 0.2) is 0 Å². The van der Waals surface area contributed by atoms with Crippen molar-refractivity contribution >= 4 is 28.5 Å². The Bertz CT molecular complexity index is 1500. The third-order valence-corrected chi connectivity index (χ3v) is 7.33. The minimum Gasteiger partial charge on any atom is -0.361 e. The van der Waals surface area contributed by atoms with E-state index in [1.165, 1.54) is 12.1 Å². The maximum absolute atomic E-state index is 13.8. The van der Waals surface area contributed by atoms with E-state index < -0.39 is 6.04 Å². The maximum Gasteiger partial charge on any atom is 0.318 e. The lowest BCUT2D eigenvalue weighted by molar-refractivity contribution is -0.118. The summed E-state index contributed by atoms with van der Waals surface area (Å²) in [7, 11) is 3.99. The molecule has 2 atom stereocenters. The van der Waals surface area contributed by atoms with Crippen LogP contribution in [-0.2, 0) is 24.3 Å². The molecule has 0 spiro atoms. The van der Waals surface area contributed by atoms with Gasteiger partial charge in [-0.05, 0) is 73.1 Å². The zero-order valence-electron chi connectivity index (χ0n) is 22.5. The van der Waals surface area contributed by atoms with Crippen molar-refractivity contribution in [2.45, 2.75) is 38.4 Å². The Kier molecular flexibility index (Phi) is 7.65. The van der Waals surface area contributed by atoms with E-state index in [0.29, 0.717) is 25.2 Å². The second-order valence-corrected chi connectivity index (χ2v) is 10.5. The molecule has 7 nitrogen and oxygen atoms in total. The van der Waals surface area contributed by atoms with Gasteiger partial charge in [-0.1, -0.05) is 43.3 Å². The SMILES string of the molecule is C[C@H](c1c[nH]c2ccccc12)[C@@H](NC(=O)N1CCc2cc(F)ccc2C1)C(=O)Nc1cccc(CN(C)C)c1. The number of rotatable bonds is 7. The Morgan fingerprint density at radius 1 is 1.05 bits per heavy atom. The van der Waals surface area contributed by atoms with E-state index in [0.717, 1.165) is 39.7 Å². The van der Waals surface area contributed by atoms with Crippen molar-refractivity contribution in [3.63, 3.8) is 0 Å².